The van der Waals surface area contributed by atoms with Gasteiger partial charge in [0.15, 0.2) is 0 Å². The van der Waals surface area contributed by atoms with E-state index in [1.165, 1.54) is 0 Å². The predicted molar refractivity (Wildman–Crippen MR) is 69.5 cm³/mol. The lowest BCUT2D eigenvalue weighted by atomic mass is 10.1. The van der Waals surface area contributed by atoms with Crippen LogP contribution >= 0.6 is 0 Å². The summed E-state index contributed by atoms with van der Waals surface area (Å²) < 4.78 is 1.62. The molecule has 0 saturated heterocycles. The Morgan fingerprint density at radius 2 is 1.89 bits per heavy atom. The number of benzene rings is 1. The Labute approximate surface area is 105 Å². The van der Waals surface area contributed by atoms with Crippen LogP contribution in [-0.2, 0) is 6.54 Å². The minimum absolute atomic E-state index is 0.0334. The summed E-state index contributed by atoms with van der Waals surface area (Å²) in [7, 11) is 0. The van der Waals surface area contributed by atoms with Gasteiger partial charge in [0.25, 0.3) is 5.56 Å². The molecule has 0 spiro atoms. The van der Waals surface area contributed by atoms with Gasteiger partial charge in [-0.1, -0.05) is 12.1 Å². The number of hydrogen-bond acceptors (Lipinski definition) is 2. The molecular weight excluding hydrogens is 228 g/mol. The molecule has 2 rings (SSSR count). The van der Waals surface area contributed by atoms with E-state index in [9.17, 15) is 9.59 Å². The Balaban J connectivity index is 2.23. The van der Waals surface area contributed by atoms with Gasteiger partial charge in [0.2, 0.25) is 5.91 Å². The van der Waals surface area contributed by atoms with Crippen molar-refractivity contribution < 1.29 is 4.79 Å². The van der Waals surface area contributed by atoms with E-state index in [0.717, 1.165) is 11.1 Å². The zero-order valence-electron chi connectivity index (χ0n) is 10.1. The second-order valence-electron chi connectivity index (χ2n) is 4.23. The molecular formula is C14H14N2O2. The number of rotatable bonds is 3. The lowest BCUT2D eigenvalue weighted by Gasteiger charge is -2.06. The van der Waals surface area contributed by atoms with Crippen LogP contribution in [0, 0.1) is 6.92 Å². The van der Waals surface area contributed by atoms with Crippen molar-refractivity contribution in [1.82, 2.24) is 4.57 Å². The van der Waals surface area contributed by atoms with E-state index in [0.29, 0.717) is 12.1 Å². The number of nitrogens with two attached hydrogens (primary N) is 1. The number of hydrogen-bond donors (Lipinski definition) is 1. The summed E-state index contributed by atoms with van der Waals surface area (Å²) in [5.74, 6) is -0.450. The Hall–Kier alpha value is -2.36. The number of pyridine rings is 1. The van der Waals surface area contributed by atoms with Crippen LogP contribution in [0.15, 0.2) is 47.4 Å². The fourth-order valence-electron chi connectivity index (χ4n) is 1.71. The summed E-state index contributed by atoms with van der Waals surface area (Å²) in [4.78, 5) is 22.6. The van der Waals surface area contributed by atoms with E-state index in [1.807, 2.05) is 13.0 Å². The van der Waals surface area contributed by atoms with Crippen LogP contribution < -0.4 is 11.3 Å². The zero-order valence-corrected chi connectivity index (χ0v) is 10.1. The minimum atomic E-state index is -0.450. The first kappa shape index (κ1) is 12.1. The number of carbonyl (C=O) groups is 1. The third-order valence-corrected chi connectivity index (χ3v) is 2.74. The van der Waals surface area contributed by atoms with Crippen molar-refractivity contribution in [3.8, 4) is 0 Å². The van der Waals surface area contributed by atoms with E-state index in [1.54, 1.807) is 41.1 Å². The third-order valence-electron chi connectivity index (χ3n) is 2.74. The fraction of sp³-hybridized carbons (Fsp3) is 0.143. The molecule has 4 nitrogen and oxygen atoms in total. The van der Waals surface area contributed by atoms with E-state index in [2.05, 4.69) is 0 Å². The van der Waals surface area contributed by atoms with Gasteiger partial charge in [-0.15, -0.1) is 0 Å². The van der Waals surface area contributed by atoms with Crippen LogP contribution in [0.1, 0.15) is 21.5 Å². The molecule has 1 heterocycles. The molecule has 0 bridgehead atoms. The second-order valence-corrected chi connectivity index (χ2v) is 4.23. The van der Waals surface area contributed by atoms with Gasteiger partial charge in [-0.2, -0.15) is 0 Å². The Kier molecular flexibility index (Phi) is 3.28. The highest BCUT2D eigenvalue weighted by Crippen LogP contribution is 2.05. The number of nitrogens with zero attached hydrogens (tertiary/aromatic N) is 1. The molecule has 0 aliphatic heterocycles. The van der Waals surface area contributed by atoms with Gasteiger partial charge in [-0.05, 0) is 36.2 Å². The van der Waals surface area contributed by atoms with E-state index < -0.39 is 5.91 Å². The summed E-state index contributed by atoms with van der Waals surface area (Å²) >= 11 is 0. The van der Waals surface area contributed by atoms with Crippen molar-refractivity contribution in [3.05, 3.63) is 69.6 Å². The second kappa shape index (κ2) is 4.87. The first-order chi connectivity index (χ1) is 8.56. The SMILES string of the molecule is Cc1ccn(Cc2ccc(C(N)=O)cc2)c(=O)c1. The molecule has 18 heavy (non-hydrogen) atoms. The van der Waals surface area contributed by atoms with Crippen molar-refractivity contribution in [2.45, 2.75) is 13.5 Å². The minimum Gasteiger partial charge on any atom is -0.366 e. The van der Waals surface area contributed by atoms with E-state index in [-0.39, 0.29) is 5.56 Å². The van der Waals surface area contributed by atoms with Gasteiger partial charge in [-0.3, -0.25) is 9.59 Å². The molecule has 2 N–H and O–H groups in total. The van der Waals surface area contributed by atoms with Gasteiger partial charge >= 0.3 is 0 Å². The molecule has 2 aromatic rings. The number of primary amides is 1. The van der Waals surface area contributed by atoms with Gasteiger partial charge < -0.3 is 10.3 Å². The summed E-state index contributed by atoms with van der Waals surface area (Å²) in [6.07, 6.45) is 1.76. The summed E-state index contributed by atoms with van der Waals surface area (Å²) in [5, 5.41) is 0. The molecule has 1 aromatic heterocycles. The Morgan fingerprint density at radius 3 is 2.44 bits per heavy atom. The molecule has 1 amide bonds. The van der Waals surface area contributed by atoms with Crippen LogP contribution in [0.25, 0.3) is 0 Å². The molecule has 0 aliphatic carbocycles. The first-order valence-corrected chi connectivity index (χ1v) is 5.62. The molecule has 0 atom stereocenters. The lowest BCUT2D eigenvalue weighted by Crippen LogP contribution is -2.19. The number of amides is 1. The van der Waals surface area contributed by atoms with Crippen LogP contribution in [0.2, 0.25) is 0 Å². The summed E-state index contributed by atoms with van der Waals surface area (Å²) in [6.45, 7) is 2.37. The van der Waals surface area contributed by atoms with Crippen molar-refractivity contribution in [2.24, 2.45) is 5.73 Å². The van der Waals surface area contributed by atoms with E-state index >= 15 is 0 Å². The molecule has 4 heteroatoms. The van der Waals surface area contributed by atoms with Crippen molar-refractivity contribution in [2.75, 3.05) is 0 Å². The van der Waals surface area contributed by atoms with Gasteiger partial charge in [-0.25, -0.2) is 0 Å². The zero-order chi connectivity index (χ0) is 13.1. The van der Waals surface area contributed by atoms with Crippen molar-refractivity contribution in [1.29, 1.82) is 0 Å². The third kappa shape index (κ3) is 2.66. The van der Waals surface area contributed by atoms with Crippen LogP contribution in [0.3, 0.4) is 0 Å². The molecule has 0 fully saturated rings. The van der Waals surface area contributed by atoms with Gasteiger partial charge in [0, 0.05) is 17.8 Å². The fourth-order valence-corrected chi connectivity index (χ4v) is 1.71. The largest absolute Gasteiger partial charge is 0.366 e. The normalized spacial score (nSPS) is 10.3. The Bertz CT molecular complexity index is 627. The summed E-state index contributed by atoms with van der Waals surface area (Å²) in [5.41, 5.74) is 7.49. The van der Waals surface area contributed by atoms with Gasteiger partial charge in [0.05, 0.1) is 6.54 Å². The van der Waals surface area contributed by atoms with Crippen LogP contribution in [-0.4, -0.2) is 10.5 Å². The highest BCUT2D eigenvalue weighted by Gasteiger charge is 2.01. The monoisotopic (exact) mass is 242 g/mol. The average molecular weight is 242 g/mol. The quantitative estimate of drug-likeness (QED) is 0.881. The smallest absolute Gasteiger partial charge is 0.251 e. The molecule has 0 aliphatic rings. The van der Waals surface area contributed by atoms with Crippen molar-refractivity contribution >= 4 is 5.91 Å². The molecule has 0 radical (unpaired) electrons. The Morgan fingerprint density at radius 1 is 1.22 bits per heavy atom. The topological polar surface area (TPSA) is 65.1 Å². The maximum atomic E-state index is 11.7. The highest BCUT2D eigenvalue weighted by atomic mass is 16.1. The predicted octanol–water partition coefficient (Wildman–Crippen LogP) is 1.30. The first-order valence-electron chi connectivity index (χ1n) is 5.62. The molecule has 1 aromatic carbocycles. The maximum absolute atomic E-state index is 11.7. The van der Waals surface area contributed by atoms with Crippen LogP contribution in [0.5, 0.6) is 0 Å². The van der Waals surface area contributed by atoms with Gasteiger partial charge in [0.1, 0.15) is 0 Å². The number of carbonyl (C=O) groups excluding carboxylic acids is 1. The molecule has 0 unspecified atom stereocenters. The van der Waals surface area contributed by atoms with Crippen molar-refractivity contribution in [3.63, 3.8) is 0 Å². The van der Waals surface area contributed by atoms with E-state index in [4.69, 9.17) is 5.73 Å². The highest BCUT2D eigenvalue weighted by molar-refractivity contribution is 5.92. The average Bonchev–Trinajstić information content (AvgIpc) is 2.33. The standard InChI is InChI=1S/C14H14N2O2/c1-10-6-7-16(13(17)8-10)9-11-2-4-12(5-3-11)14(15)18/h2-8H,9H2,1H3,(H2,15,18). The molecule has 0 saturated carbocycles. The maximum Gasteiger partial charge on any atom is 0.251 e. The number of aromatic nitrogens is 1. The number of aryl methyl sites for hydroxylation is 1. The lowest BCUT2D eigenvalue weighted by molar-refractivity contribution is 0.100. The van der Waals surface area contributed by atoms with Crippen LogP contribution in [0.4, 0.5) is 0 Å². The summed E-state index contributed by atoms with van der Waals surface area (Å²) in [6, 6.07) is 10.4. The molecule has 92 valence electrons.